The average Bonchev–Trinajstić information content (AvgIpc) is 2.67. The zero-order chi connectivity index (χ0) is 22.2. The van der Waals surface area contributed by atoms with Crippen LogP contribution in [0.5, 0.6) is 0 Å². The molecule has 0 radical (unpaired) electrons. The minimum Gasteiger partial charge on any atom is -0.434 e. The van der Waals surface area contributed by atoms with Crippen molar-refractivity contribution in [2.75, 3.05) is 13.2 Å². The standard InChI is InChI=1S/C24H44O6/c1-19(2)12-8-6-5-7-9-16-27-23(25)29-21-14-10-15-22(18-21)30-24(26)28-17-11-13-20(3)4/h19-22H,5-18H2,1-4H3. The molecule has 30 heavy (non-hydrogen) atoms. The van der Waals surface area contributed by atoms with Gasteiger partial charge in [0.15, 0.2) is 0 Å². The third-order valence-corrected chi connectivity index (χ3v) is 5.40. The van der Waals surface area contributed by atoms with Crippen LogP contribution in [-0.2, 0) is 18.9 Å². The SMILES string of the molecule is CC(C)CCCCCCCOC(=O)OC1CCCC(OC(=O)OCCCC(C)C)C1. The topological polar surface area (TPSA) is 71.1 Å². The van der Waals surface area contributed by atoms with E-state index >= 15 is 0 Å². The maximum absolute atomic E-state index is 11.9. The van der Waals surface area contributed by atoms with E-state index in [1.165, 1.54) is 25.7 Å². The number of hydrogen-bond donors (Lipinski definition) is 0. The van der Waals surface area contributed by atoms with Crippen LogP contribution in [0.25, 0.3) is 0 Å². The minimum atomic E-state index is -0.625. The smallest absolute Gasteiger partial charge is 0.434 e. The van der Waals surface area contributed by atoms with Crippen LogP contribution < -0.4 is 0 Å². The molecule has 1 saturated carbocycles. The van der Waals surface area contributed by atoms with Gasteiger partial charge in [-0.2, -0.15) is 0 Å². The average molecular weight is 429 g/mol. The number of carbonyl (C=O) groups excluding carboxylic acids is 2. The lowest BCUT2D eigenvalue weighted by Gasteiger charge is -2.28. The molecule has 6 nitrogen and oxygen atoms in total. The van der Waals surface area contributed by atoms with Crippen molar-refractivity contribution in [2.45, 2.75) is 117 Å². The van der Waals surface area contributed by atoms with Crippen LogP contribution in [0.1, 0.15) is 105 Å². The maximum Gasteiger partial charge on any atom is 0.508 e. The van der Waals surface area contributed by atoms with Gasteiger partial charge in [-0.25, -0.2) is 9.59 Å². The Hall–Kier alpha value is -1.46. The van der Waals surface area contributed by atoms with Gasteiger partial charge in [0, 0.05) is 6.42 Å². The van der Waals surface area contributed by atoms with Crippen LogP contribution in [0.4, 0.5) is 9.59 Å². The molecule has 0 aliphatic heterocycles. The second-order valence-electron chi connectivity index (χ2n) is 9.33. The highest BCUT2D eigenvalue weighted by atomic mass is 16.7. The molecule has 0 heterocycles. The van der Waals surface area contributed by atoms with Gasteiger partial charge in [0.25, 0.3) is 0 Å². The van der Waals surface area contributed by atoms with Gasteiger partial charge in [0.05, 0.1) is 13.2 Å². The summed E-state index contributed by atoms with van der Waals surface area (Å²) in [7, 11) is 0. The summed E-state index contributed by atoms with van der Waals surface area (Å²) in [6.07, 6.45) is 9.92. The first kappa shape index (κ1) is 26.6. The molecule has 0 aromatic carbocycles. The van der Waals surface area contributed by atoms with E-state index in [1.807, 2.05) is 0 Å². The van der Waals surface area contributed by atoms with Gasteiger partial charge < -0.3 is 18.9 Å². The van der Waals surface area contributed by atoms with Crippen molar-refractivity contribution < 1.29 is 28.5 Å². The van der Waals surface area contributed by atoms with Crippen molar-refractivity contribution in [1.82, 2.24) is 0 Å². The molecule has 0 amide bonds. The monoisotopic (exact) mass is 428 g/mol. The van der Waals surface area contributed by atoms with Crippen molar-refractivity contribution >= 4 is 12.3 Å². The zero-order valence-corrected chi connectivity index (χ0v) is 19.7. The van der Waals surface area contributed by atoms with E-state index in [4.69, 9.17) is 18.9 Å². The largest absolute Gasteiger partial charge is 0.508 e. The van der Waals surface area contributed by atoms with Crippen molar-refractivity contribution in [3.05, 3.63) is 0 Å². The minimum absolute atomic E-state index is 0.263. The Labute approximate surface area is 183 Å². The Balaban J connectivity index is 2.08. The number of hydrogen-bond acceptors (Lipinski definition) is 6. The molecule has 0 aromatic heterocycles. The lowest BCUT2D eigenvalue weighted by molar-refractivity contribution is -0.0351. The summed E-state index contributed by atoms with van der Waals surface area (Å²) in [4.78, 5) is 23.7. The molecule has 0 spiro atoms. The van der Waals surface area contributed by atoms with E-state index in [2.05, 4.69) is 27.7 Å². The molecule has 1 aliphatic carbocycles. The molecular formula is C24H44O6. The fourth-order valence-corrected chi connectivity index (χ4v) is 3.64. The highest BCUT2D eigenvalue weighted by Crippen LogP contribution is 2.24. The van der Waals surface area contributed by atoms with Crippen molar-refractivity contribution in [3.63, 3.8) is 0 Å². The summed E-state index contributed by atoms with van der Waals surface area (Å²) in [6, 6.07) is 0. The highest BCUT2D eigenvalue weighted by Gasteiger charge is 2.28. The Bertz CT molecular complexity index is 463. The van der Waals surface area contributed by atoms with E-state index in [-0.39, 0.29) is 12.2 Å². The second kappa shape index (κ2) is 16.3. The fraction of sp³-hybridized carbons (Fsp3) is 0.917. The molecule has 0 N–H and O–H groups in total. The Morgan fingerprint density at radius 3 is 1.73 bits per heavy atom. The van der Waals surface area contributed by atoms with Crippen molar-refractivity contribution in [3.8, 4) is 0 Å². The van der Waals surface area contributed by atoms with E-state index in [0.717, 1.165) is 50.9 Å². The van der Waals surface area contributed by atoms with E-state index in [9.17, 15) is 9.59 Å². The first-order valence-electron chi connectivity index (χ1n) is 12.0. The third-order valence-electron chi connectivity index (χ3n) is 5.40. The molecule has 0 bridgehead atoms. The molecule has 0 saturated heterocycles. The first-order chi connectivity index (χ1) is 14.4. The van der Waals surface area contributed by atoms with E-state index < -0.39 is 12.3 Å². The van der Waals surface area contributed by atoms with Crippen LogP contribution in [0, 0.1) is 11.8 Å². The summed E-state index contributed by atoms with van der Waals surface area (Å²) in [6.45, 7) is 9.56. The van der Waals surface area contributed by atoms with Crippen molar-refractivity contribution in [1.29, 1.82) is 0 Å². The number of ether oxygens (including phenoxy) is 4. The second-order valence-corrected chi connectivity index (χ2v) is 9.33. The van der Waals surface area contributed by atoms with Crippen LogP contribution in [-0.4, -0.2) is 37.7 Å². The normalized spacial score (nSPS) is 19.0. The predicted molar refractivity (Wildman–Crippen MR) is 118 cm³/mol. The van der Waals surface area contributed by atoms with Gasteiger partial charge in [-0.1, -0.05) is 59.8 Å². The van der Waals surface area contributed by atoms with E-state index in [0.29, 0.717) is 25.6 Å². The lowest BCUT2D eigenvalue weighted by atomic mass is 9.95. The third kappa shape index (κ3) is 14.5. The van der Waals surface area contributed by atoms with Gasteiger partial charge >= 0.3 is 12.3 Å². The molecule has 1 fully saturated rings. The molecule has 1 aliphatic rings. The Morgan fingerprint density at radius 2 is 1.17 bits per heavy atom. The lowest BCUT2D eigenvalue weighted by Crippen LogP contribution is -2.32. The van der Waals surface area contributed by atoms with Crippen LogP contribution >= 0.6 is 0 Å². The van der Waals surface area contributed by atoms with Gasteiger partial charge in [-0.05, 0) is 50.4 Å². The first-order valence-corrected chi connectivity index (χ1v) is 12.0. The number of unbranched alkanes of at least 4 members (excludes halogenated alkanes) is 4. The Morgan fingerprint density at radius 1 is 0.700 bits per heavy atom. The zero-order valence-electron chi connectivity index (χ0n) is 19.7. The van der Waals surface area contributed by atoms with Gasteiger partial charge in [-0.3, -0.25) is 0 Å². The fourth-order valence-electron chi connectivity index (χ4n) is 3.64. The highest BCUT2D eigenvalue weighted by molar-refractivity contribution is 5.60. The summed E-state index contributed by atoms with van der Waals surface area (Å²) < 4.78 is 21.1. The summed E-state index contributed by atoms with van der Waals surface area (Å²) >= 11 is 0. The van der Waals surface area contributed by atoms with E-state index in [1.54, 1.807) is 0 Å². The van der Waals surface area contributed by atoms with Gasteiger partial charge in [0.2, 0.25) is 0 Å². The molecule has 176 valence electrons. The number of rotatable bonds is 14. The van der Waals surface area contributed by atoms with Gasteiger partial charge in [0.1, 0.15) is 12.2 Å². The molecule has 6 heteroatoms. The quantitative estimate of drug-likeness (QED) is 0.218. The number of carbonyl (C=O) groups is 2. The van der Waals surface area contributed by atoms with Crippen LogP contribution in [0.2, 0.25) is 0 Å². The predicted octanol–water partition coefficient (Wildman–Crippen LogP) is 7.04. The summed E-state index contributed by atoms with van der Waals surface area (Å²) in [5.74, 6) is 1.36. The maximum atomic E-state index is 11.9. The molecule has 2 atom stereocenters. The summed E-state index contributed by atoms with van der Waals surface area (Å²) in [5, 5.41) is 0. The van der Waals surface area contributed by atoms with Gasteiger partial charge in [-0.15, -0.1) is 0 Å². The summed E-state index contributed by atoms with van der Waals surface area (Å²) in [5.41, 5.74) is 0. The molecule has 1 rings (SSSR count). The van der Waals surface area contributed by atoms with Crippen LogP contribution in [0.3, 0.4) is 0 Å². The van der Waals surface area contributed by atoms with Crippen LogP contribution in [0.15, 0.2) is 0 Å². The Kier molecular flexibility index (Phi) is 14.4. The molecule has 0 aromatic rings. The molecular weight excluding hydrogens is 384 g/mol. The molecule has 2 unspecified atom stereocenters. The van der Waals surface area contributed by atoms with Crippen molar-refractivity contribution in [2.24, 2.45) is 11.8 Å².